The summed E-state index contributed by atoms with van der Waals surface area (Å²) in [6, 6.07) is 10.3. The van der Waals surface area contributed by atoms with Crippen LogP contribution in [0.25, 0.3) is 0 Å². The number of likely N-dealkylation sites (N-methyl/N-ethyl adjacent to an activating group) is 1. The summed E-state index contributed by atoms with van der Waals surface area (Å²) in [6.45, 7) is 3.22. The molecule has 128 valence electrons. The van der Waals surface area contributed by atoms with Gasteiger partial charge in [-0.15, -0.1) is 0 Å². The van der Waals surface area contributed by atoms with Gasteiger partial charge in [-0.05, 0) is 44.4 Å². The van der Waals surface area contributed by atoms with E-state index in [0.29, 0.717) is 25.0 Å². The standard InChI is InChI=1S/C18H23BrN4O/c1-13(14-7-8-14)23-17(9-10-20-23)21-18(24)12-22(2)11-15-5-3-4-6-16(15)19/h3-6,9-10,13-14H,7-8,11-12H2,1-2H3,(H,21,24). The van der Waals surface area contributed by atoms with Crippen LogP contribution in [-0.4, -0.2) is 34.2 Å². The summed E-state index contributed by atoms with van der Waals surface area (Å²) in [7, 11) is 1.95. The highest BCUT2D eigenvalue weighted by molar-refractivity contribution is 9.10. The Morgan fingerprint density at radius 1 is 1.42 bits per heavy atom. The molecular weight excluding hydrogens is 368 g/mol. The van der Waals surface area contributed by atoms with Gasteiger partial charge in [0, 0.05) is 17.1 Å². The quantitative estimate of drug-likeness (QED) is 0.783. The van der Waals surface area contributed by atoms with Crippen molar-refractivity contribution >= 4 is 27.7 Å². The van der Waals surface area contributed by atoms with E-state index in [1.807, 2.05) is 40.9 Å². The van der Waals surface area contributed by atoms with Crippen LogP contribution in [0.1, 0.15) is 31.4 Å². The molecule has 6 heteroatoms. The molecule has 1 aliphatic rings. The molecular formula is C18H23BrN4O. The molecule has 0 saturated heterocycles. The summed E-state index contributed by atoms with van der Waals surface area (Å²) in [4.78, 5) is 14.4. The molecule has 1 aliphatic carbocycles. The SMILES string of the molecule is CC(C1CC1)n1nccc1NC(=O)CN(C)Cc1ccccc1Br. The lowest BCUT2D eigenvalue weighted by molar-refractivity contribution is -0.117. The second kappa shape index (κ2) is 7.49. The first-order chi connectivity index (χ1) is 11.5. The molecule has 1 amide bonds. The van der Waals surface area contributed by atoms with Crippen molar-refractivity contribution in [1.82, 2.24) is 14.7 Å². The van der Waals surface area contributed by atoms with Crippen LogP contribution in [0.3, 0.4) is 0 Å². The number of halogens is 1. The number of nitrogens with zero attached hydrogens (tertiary/aromatic N) is 3. The van der Waals surface area contributed by atoms with Crippen molar-refractivity contribution in [2.45, 2.75) is 32.4 Å². The third-order valence-corrected chi connectivity index (χ3v) is 5.21. The maximum absolute atomic E-state index is 12.4. The van der Waals surface area contributed by atoms with Gasteiger partial charge in [0.05, 0.1) is 18.8 Å². The van der Waals surface area contributed by atoms with E-state index in [9.17, 15) is 4.79 Å². The van der Waals surface area contributed by atoms with Crippen LogP contribution in [0.2, 0.25) is 0 Å². The zero-order chi connectivity index (χ0) is 17.1. The van der Waals surface area contributed by atoms with Crippen LogP contribution in [0.4, 0.5) is 5.82 Å². The first-order valence-electron chi connectivity index (χ1n) is 8.30. The number of carbonyl (C=O) groups is 1. The van der Waals surface area contributed by atoms with E-state index in [1.54, 1.807) is 6.20 Å². The van der Waals surface area contributed by atoms with Crippen molar-refractivity contribution in [3.05, 3.63) is 46.6 Å². The Hall–Kier alpha value is -1.66. The maximum atomic E-state index is 12.4. The van der Waals surface area contributed by atoms with Gasteiger partial charge in [-0.3, -0.25) is 9.69 Å². The number of rotatable bonds is 7. The summed E-state index contributed by atoms with van der Waals surface area (Å²) in [5.74, 6) is 1.46. The van der Waals surface area contributed by atoms with Gasteiger partial charge in [-0.25, -0.2) is 4.68 Å². The Morgan fingerprint density at radius 3 is 2.88 bits per heavy atom. The normalized spacial score (nSPS) is 15.5. The second-order valence-electron chi connectivity index (χ2n) is 6.55. The number of hydrogen-bond acceptors (Lipinski definition) is 3. The van der Waals surface area contributed by atoms with Gasteiger partial charge in [0.2, 0.25) is 5.91 Å². The van der Waals surface area contributed by atoms with Gasteiger partial charge >= 0.3 is 0 Å². The predicted molar refractivity (Wildman–Crippen MR) is 98.8 cm³/mol. The molecule has 24 heavy (non-hydrogen) atoms. The average molecular weight is 391 g/mol. The Kier molecular flexibility index (Phi) is 5.36. The number of anilines is 1. The molecule has 1 saturated carbocycles. The van der Waals surface area contributed by atoms with Crippen molar-refractivity contribution in [3.8, 4) is 0 Å². The minimum atomic E-state index is -0.0192. The van der Waals surface area contributed by atoms with E-state index in [2.05, 4.69) is 39.3 Å². The van der Waals surface area contributed by atoms with Crippen LogP contribution in [0.5, 0.6) is 0 Å². The Balaban J connectivity index is 1.56. The van der Waals surface area contributed by atoms with Crippen molar-refractivity contribution in [3.63, 3.8) is 0 Å². The number of amides is 1. The minimum absolute atomic E-state index is 0.0192. The lowest BCUT2D eigenvalue weighted by Crippen LogP contribution is -2.31. The predicted octanol–water partition coefficient (Wildman–Crippen LogP) is 3.69. The number of hydrogen-bond donors (Lipinski definition) is 1. The van der Waals surface area contributed by atoms with Gasteiger partial charge in [-0.1, -0.05) is 34.1 Å². The molecule has 3 rings (SSSR count). The first-order valence-corrected chi connectivity index (χ1v) is 9.09. The van der Waals surface area contributed by atoms with Crippen molar-refractivity contribution < 1.29 is 4.79 Å². The largest absolute Gasteiger partial charge is 0.310 e. The van der Waals surface area contributed by atoms with Gasteiger partial charge in [-0.2, -0.15) is 5.10 Å². The third-order valence-electron chi connectivity index (χ3n) is 4.44. The molecule has 2 aromatic rings. The van der Waals surface area contributed by atoms with Crippen LogP contribution in [0, 0.1) is 5.92 Å². The lowest BCUT2D eigenvalue weighted by Gasteiger charge is -2.19. The highest BCUT2D eigenvalue weighted by atomic mass is 79.9. The van der Waals surface area contributed by atoms with Gasteiger partial charge in [0.15, 0.2) is 0 Å². The third kappa shape index (κ3) is 4.24. The molecule has 5 nitrogen and oxygen atoms in total. The molecule has 0 bridgehead atoms. The van der Waals surface area contributed by atoms with E-state index in [-0.39, 0.29) is 5.91 Å². The first kappa shape index (κ1) is 17.2. The van der Waals surface area contributed by atoms with Crippen molar-refractivity contribution in [2.75, 3.05) is 18.9 Å². The molecule has 1 N–H and O–H groups in total. The van der Waals surface area contributed by atoms with Gasteiger partial charge < -0.3 is 5.32 Å². The molecule has 1 aromatic carbocycles. The molecule has 0 spiro atoms. The van der Waals surface area contributed by atoms with Crippen LogP contribution in [0.15, 0.2) is 41.0 Å². The fourth-order valence-electron chi connectivity index (χ4n) is 2.92. The summed E-state index contributed by atoms with van der Waals surface area (Å²) >= 11 is 3.55. The summed E-state index contributed by atoms with van der Waals surface area (Å²) in [5, 5.41) is 7.36. The number of carbonyl (C=O) groups excluding carboxylic acids is 1. The van der Waals surface area contributed by atoms with Gasteiger partial charge in [0.25, 0.3) is 0 Å². The monoisotopic (exact) mass is 390 g/mol. The van der Waals surface area contributed by atoms with Crippen LogP contribution >= 0.6 is 15.9 Å². The molecule has 1 unspecified atom stereocenters. The van der Waals surface area contributed by atoms with Crippen LogP contribution in [-0.2, 0) is 11.3 Å². The summed E-state index contributed by atoms with van der Waals surface area (Å²) in [6.07, 6.45) is 4.26. The molecule has 1 heterocycles. The molecule has 0 aliphatic heterocycles. The number of benzene rings is 1. The zero-order valence-corrected chi connectivity index (χ0v) is 15.7. The fraction of sp³-hybridized carbons (Fsp3) is 0.444. The van der Waals surface area contributed by atoms with Crippen molar-refractivity contribution in [2.24, 2.45) is 5.92 Å². The summed E-state index contributed by atoms with van der Waals surface area (Å²) < 4.78 is 3.00. The van der Waals surface area contributed by atoms with E-state index in [0.717, 1.165) is 10.3 Å². The highest BCUT2D eigenvalue weighted by Gasteiger charge is 2.30. The second-order valence-corrected chi connectivity index (χ2v) is 7.41. The highest BCUT2D eigenvalue weighted by Crippen LogP contribution is 2.40. The molecule has 1 fully saturated rings. The summed E-state index contributed by atoms with van der Waals surface area (Å²) in [5.41, 5.74) is 1.17. The minimum Gasteiger partial charge on any atom is -0.310 e. The van der Waals surface area contributed by atoms with Crippen LogP contribution < -0.4 is 5.32 Å². The number of aromatic nitrogens is 2. The van der Waals surface area contributed by atoms with E-state index in [4.69, 9.17) is 0 Å². The smallest absolute Gasteiger partial charge is 0.239 e. The zero-order valence-electron chi connectivity index (χ0n) is 14.1. The van der Waals surface area contributed by atoms with Crippen molar-refractivity contribution in [1.29, 1.82) is 0 Å². The Bertz CT molecular complexity index is 711. The molecule has 0 radical (unpaired) electrons. The fourth-order valence-corrected chi connectivity index (χ4v) is 3.33. The number of nitrogens with one attached hydrogen (secondary N) is 1. The lowest BCUT2D eigenvalue weighted by atomic mass is 10.2. The van der Waals surface area contributed by atoms with E-state index < -0.39 is 0 Å². The Labute approximate surface area is 151 Å². The maximum Gasteiger partial charge on any atom is 0.239 e. The van der Waals surface area contributed by atoms with Gasteiger partial charge in [0.1, 0.15) is 5.82 Å². The molecule has 1 aromatic heterocycles. The van der Waals surface area contributed by atoms with E-state index in [1.165, 1.54) is 18.4 Å². The molecule has 1 atom stereocenters. The Morgan fingerprint density at radius 2 is 2.17 bits per heavy atom. The topological polar surface area (TPSA) is 50.2 Å². The average Bonchev–Trinajstić information content (AvgIpc) is 3.29. The van der Waals surface area contributed by atoms with E-state index >= 15 is 0 Å².